The fraction of sp³-hybridized carbons (Fsp3) is 0.300. The Morgan fingerprint density at radius 3 is 2.65 bits per heavy atom. The van der Waals surface area contributed by atoms with Gasteiger partial charge in [-0.05, 0) is 48.8 Å². The molecule has 1 aromatic carbocycles. The predicted molar refractivity (Wildman–Crippen MR) is 99.5 cm³/mol. The third kappa shape index (κ3) is 3.35. The average molecular weight is 348 g/mol. The number of benzene rings is 1. The van der Waals surface area contributed by atoms with E-state index in [4.69, 9.17) is 0 Å². The zero-order chi connectivity index (χ0) is 17.9. The summed E-state index contributed by atoms with van der Waals surface area (Å²) in [4.78, 5) is 27.7. The van der Waals surface area contributed by atoms with Crippen LogP contribution in [0.15, 0.2) is 42.9 Å². The molecular weight excluding hydrogens is 328 g/mol. The van der Waals surface area contributed by atoms with Gasteiger partial charge in [-0.3, -0.25) is 9.89 Å². The minimum atomic E-state index is -0.0408. The maximum Gasteiger partial charge on any atom is 0.228 e. The minimum Gasteiger partial charge on any atom is -0.310 e. The van der Waals surface area contributed by atoms with E-state index in [0.29, 0.717) is 5.82 Å². The molecule has 26 heavy (non-hydrogen) atoms. The Kier molecular flexibility index (Phi) is 4.48. The van der Waals surface area contributed by atoms with Crippen molar-refractivity contribution in [2.75, 3.05) is 5.32 Å². The first-order valence-corrected chi connectivity index (χ1v) is 8.88. The van der Waals surface area contributed by atoms with Gasteiger partial charge in [0.1, 0.15) is 12.1 Å². The van der Waals surface area contributed by atoms with Gasteiger partial charge in [0.2, 0.25) is 5.91 Å². The lowest BCUT2D eigenvalue weighted by atomic mass is 9.82. The summed E-state index contributed by atoms with van der Waals surface area (Å²) >= 11 is 0. The van der Waals surface area contributed by atoms with Gasteiger partial charge in [-0.2, -0.15) is 5.10 Å². The molecule has 6 heteroatoms. The maximum absolute atomic E-state index is 12.5. The molecule has 0 bridgehead atoms. The molecule has 1 aliphatic rings. The molecular formula is C20H20N4O2. The lowest BCUT2D eigenvalue weighted by Crippen LogP contribution is -2.27. The van der Waals surface area contributed by atoms with E-state index in [2.05, 4.69) is 26.6 Å². The highest BCUT2D eigenvalue weighted by atomic mass is 16.2. The second-order valence-electron chi connectivity index (χ2n) is 6.86. The molecule has 0 aliphatic heterocycles. The number of carbonyl (C=O) groups excluding carboxylic acids is 2. The van der Waals surface area contributed by atoms with Gasteiger partial charge in [-0.25, -0.2) is 4.98 Å². The standard InChI is InChI=1S/C20H20N4O2/c25-12-13-1-3-14(4-2-13)20(26)24-19-8-17-7-15(18-10-22-23-11-18)5-6-16(17)9-21-19/h5-14H,1-4H2,(H,22,23)(H,21,24,26). The van der Waals surface area contributed by atoms with E-state index >= 15 is 0 Å². The van der Waals surface area contributed by atoms with Crippen LogP contribution in [0.25, 0.3) is 21.9 Å². The van der Waals surface area contributed by atoms with E-state index in [1.54, 1.807) is 12.4 Å². The van der Waals surface area contributed by atoms with Gasteiger partial charge in [0.25, 0.3) is 0 Å². The molecule has 1 amide bonds. The zero-order valence-corrected chi connectivity index (χ0v) is 14.3. The number of amides is 1. The van der Waals surface area contributed by atoms with Gasteiger partial charge >= 0.3 is 0 Å². The molecule has 1 saturated carbocycles. The first-order chi connectivity index (χ1) is 12.7. The first kappa shape index (κ1) is 16.4. The van der Waals surface area contributed by atoms with Crippen LogP contribution in [-0.4, -0.2) is 27.4 Å². The van der Waals surface area contributed by atoms with E-state index < -0.39 is 0 Å². The van der Waals surface area contributed by atoms with Crippen LogP contribution in [-0.2, 0) is 9.59 Å². The summed E-state index contributed by atoms with van der Waals surface area (Å²) in [5.74, 6) is 0.622. The Morgan fingerprint density at radius 2 is 1.92 bits per heavy atom. The maximum atomic E-state index is 12.5. The smallest absolute Gasteiger partial charge is 0.228 e. The fourth-order valence-corrected chi connectivity index (χ4v) is 3.54. The molecule has 132 valence electrons. The molecule has 1 aliphatic carbocycles. The second-order valence-corrected chi connectivity index (χ2v) is 6.86. The number of pyridine rings is 1. The highest BCUT2D eigenvalue weighted by Gasteiger charge is 2.26. The van der Waals surface area contributed by atoms with Crippen LogP contribution >= 0.6 is 0 Å². The summed E-state index contributed by atoms with van der Waals surface area (Å²) in [5.41, 5.74) is 2.07. The third-order valence-corrected chi connectivity index (χ3v) is 5.14. The van der Waals surface area contributed by atoms with Crippen LogP contribution in [0.1, 0.15) is 25.7 Å². The molecule has 0 radical (unpaired) electrons. The van der Waals surface area contributed by atoms with Crippen LogP contribution in [0.4, 0.5) is 5.82 Å². The minimum absolute atomic E-state index is 0.00723. The molecule has 0 atom stereocenters. The molecule has 1 fully saturated rings. The summed E-state index contributed by atoms with van der Waals surface area (Å²) in [7, 11) is 0. The lowest BCUT2D eigenvalue weighted by Gasteiger charge is -2.24. The molecule has 0 spiro atoms. The summed E-state index contributed by atoms with van der Waals surface area (Å²) in [5, 5.41) is 11.8. The first-order valence-electron chi connectivity index (χ1n) is 8.88. The molecule has 2 N–H and O–H groups in total. The van der Waals surface area contributed by atoms with Crippen molar-refractivity contribution in [3.05, 3.63) is 42.9 Å². The van der Waals surface area contributed by atoms with Gasteiger partial charge in [-0.15, -0.1) is 0 Å². The highest BCUT2D eigenvalue weighted by molar-refractivity contribution is 5.95. The Labute approximate surface area is 151 Å². The highest BCUT2D eigenvalue weighted by Crippen LogP contribution is 2.29. The summed E-state index contributed by atoms with van der Waals surface area (Å²) < 4.78 is 0. The molecule has 0 saturated heterocycles. The number of rotatable bonds is 4. The van der Waals surface area contributed by atoms with Gasteiger partial charge < -0.3 is 10.1 Å². The molecule has 4 rings (SSSR count). The molecule has 6 nitrogen and oxygen atoms in total. The van der Waals surface area contributed by atoms with Gasteiger partial charge in [-0.1, -0.05) is 12.1 Å². The Balaban J connectivity index is 1.51. The number of carbonyl (C=O) groups is 2. The molecule has 3 aromatic rings. The molecule has 2 heterocycles. The fourth-order valence-electron chi connectivity index (χ4n) is 3.54. The summed E-state index contributed by atoms with van der Waals surface area (Å²) in [6.07, 6.45) is 9.51. The Bertz CT molecular complexity index is 928. The number of aldehydes is 1. The average Bonchev–Trinajstić information content (AvgIpc) is 3.22. The quantitative estimate of drug-likeness (QED) is 0.706. The normalized spacial score (nSPS) is 20.0. The second kappa shape index (κ2) is 7.07. The number of aromatic amines is 1. The van der Waals surface area contributed by atoms with Crippen molar-refractivity contribution in [3.8, 4) is 11.1 Å². The van der Waals surface area contributed by atoms with Crippen molar-refractivity contribution >= 4 is 28.8 Å². The van der Waals surface area contributed by atoms with E-state index in [9.17, 15) is 9.59 Å². The third-order valence-electron chi connectivity index (χ3n) is 5.14. The number of hydrogen-bond donors (Lipinski definition) is 2. The van der Waals surface area contributed by atoms with Crippen molar-refractivity contribution in [1.82, 2.24) is 15.2 Å². The van der Waals surface area contributed by atoms with Gasteiger partial charge in [0, 0.05) is 35.2 Å². The number of nitrogens with one attached hydrogen (secondary N) is 2. The van der Waals surface area contributed by atoms with Gasteiger partial charge in [0.05, 0.1) is 6.20 Å². The number of hydrogen-bond acceptors (Lipinski definition) is 4. The van der Waals surface area contributed by atoms with Crippen molar-refractivity contribution in [3.63, 3.8) is 0 Å². The lowest BCUT2D eigenvalue weighted by molar-refractivity contribution is -0.122. The van der Waals surface area contributed by atoms with Crippen molar-refractivity contribution < 1.29 is 9.59 Å². The number of nitrogens with zero attached hydrogens (tertiary/aromatic N) is 2. The van der Waals surface area contributed by atoms with E-state index in [-0.39, 0.29) is 17.7 Å². The predicted octanol–water partition coefficient (Wildman–Crippen LogP) is 3.57. The van der Waals surface area contributed by atoms with Crippen molar-refractivity contribution in [2.24, 2.45) is 11.8 Å². The van der Waals surface area contributed by atoms with Crippen LogP contribution in [0.5, 0.6) is 0 Å². The number of fused-ring (bicyclic) bond motifs is 1. The summed E-state index contributed by atoms with van der Waals surface area (Å²) in [6.45, 7) is 0. The zero-order valence-electron chi connectivity index (χ0n) is 14.3. The van der Waals surface area contributed by atoms with E-state index in [0.717, 1.165) is 53.9 Å². The number of anilines is 1. The Hall–Kier alpha value is -3.02. The Morgan fingerprint density at radius 1 is 1.08 bits per heavy atom. The van der Waals surface area contributed by atoms with E-state index in [1.165, 1.54) is 0 Å². The van der Waals surface area contributed by atoms with Crippen LogP contribution in [0.3, 0.4) is 0 Å². The van der Waals surface area contributed by atoms with Crippen molar-refractivity contribution in [2.45, 2.75) is 25.7 Å². The van der Waals surface area contributed by atoms with Gasteiger partial charge in [0.15, 0.2) is 0 Å². The molecule has 0 unspecified atom stereocenters. The largest absolute Gasteiger partial charge is 0.310 e. The monoisotopic (exact) mass is 348 g/mol. The van der Waals surface area contributed by atoms with E-state index in [1.807, 2.05) is 24.4 Å². The SMILES string of the molecule is O=CC1CCC(C(=O)Nc2cc3cc(-c4cn[nH]c4)ccc3cn2)CC1. The number of H-pyrrole nitrogens is 1. The topological polar surface area (TPSA) is 87.7 Å². The summed E-state index contributed by atoms with van der Waals surface area (Å²) in [6, 6.07) is 8.00. The van der Waals surface area contributed by atoms with Crippen LogP contribution < -0.4 is 5.32 Å². The van der Waals surface area contributed by atoms with Crippen LogP contribution in [0, 0.1) is 11.8 Å². The van der Waals surface area contributed by atoms with Crippen molar-refractivity contribution in [1.29, 1.82) is 0 Å². The number of aromatic nitrogens is 3. The van der Waals surface area contributed by atoms with Crippen LogP contribution in [0.2, 0.25) is 0 Å². The molecule has 2 aromatic heterocycles.